The van der Waals surface area contributed by atoms with Gasteiger partial charge in [-0.05, 0) is 38.3 Å². The monoisotopic (exact) mass is 260 g/mol. The van der Waals surface area contributed by atoms with Crippen LogP contribution >= 0.6 is 0 Å². The SMILES string of the molecule is O=C(CCC1CCCNC1)NC(CO)(CO)CO. The van der Waals surface area contributed by atoms with Crippen LogP contribution < -0.4 is 10.6 Å². The van der Waals surface area contributed by atoms with Gasteiger partial charge in [-0.2, -0.15) is 0 Å². The summed E-state index contributed by atoms with van der Waals surface area (Å²) in [5, 5.41) is 33.1. The smallest absolute Gasteiger partial charge is 0.220 e. The van der Waals surface area contributed by atoms with Gasteiger partial charge in [-0.25, -0.2) is 0 Å². The van der Waals surface area contributed by atoms with Crippen molar-refractivity contribution in [2.45, 2.75) is 31.2 Å². The van der Waals surface area contributed by atoms with Gasteiger partial charge in [-0.3, -0.25) is 4.79 Å². The number of aliphatic hydroxyl groups is 3. The summed E-state index contributed by atoms with van der Waals surface area (Å²) < 4.78 is 0. The van der Waals surface area contributed by atoms with Gasteiger partial charge in [0.25, 0.3) is 0 Å². The van der Waals surface area contributed by atoms with Gasteiger partial charge in [0.15, 0.2) is 0 Å². The van der Waals surface area contributed by atoms with Gasteiger partial charge in [0.05, 0.1) is 19.8 Å². The topological polar surface area (TPSA) is 102 Å². The highest BCUT2D eigenvalue weighted by atomic mass is 16.3. The van der Waals surface area contributed by atoms with Crippen molar-refractivity contribution < 1.29 is 20.1 Å². The molecule has 0 aliphatic carbocycles. The highest BCUT2D eigenvalue weighted by Crippen LogP contribution is 2.16. The molecule has 6 nitrogen and oxygen atoms in total. The van der Waals surface area contributed by atoms with Gasteiger partial charge < -0.3 is 26.0 Å². The van der Waals surface area contributed by atoms with Crippen molar-refractivity contribution in [3.8, 4) is 0 Å². The largest absolute Gasteiger partial charge is 0.394 e. The quantitative estimate of drug-likeness (QED) is 0.387. The van der Waals surface area contributed by atoms with E-state index in [0.717, 1.165) is 32.4 Å². The zero-order valence-corrected chi connectivity index (χ0v) is 10.7. The molecule has 1 heterocycles. The molecule has 1 rings (SSSR count). The normalized spacial score (nSPS) is 20.7. The lowest BCUT2D eigenvalue weighted by molar-refractivity contribution is -0.125. The van der Waals surface area contributed by atoms with Crippen molar-refractivity contribution in [1.82, 2.24) is 10.6 Å². The zero-order valence-electron chi connectivity index (χ0n) is 10.7. The lowest BCUT2D eigenvalue weighted by Gasteiger charge is -2.29. The van der Waals surface area contributed by atoms with Gasteiger partial charge in [-0.15, -0.1) is 0 Å². The summed E-state index contributed by atoms with van der Waals surface area (Å²) in [4.78, 5) is 11.7. The Hall–Kier alpha value is -0.690. The van der Waals surface area contributed by atoms with Crippen molar-refractivity contribution >= 4 is 5.91 Å². The third kappa shape index (κ3) is 4.53. The van der Waals surface area contributed by atoms with Gasteiger partial charge in [0.1, 0.15) is 5.54 Å². The molecule has 0 bridgehead atoms. The lowest BCUT2D eigenvalue weighted by atomic mass is 9.94. The molecule has 1 unspecified atom stereocenters. The van der Waals surface area contributed by atoms with Crippen molar-refractivity contribution in [2.75, 3.05) is 32.9 Å². The average molecular weight is 260 g/mol. The Kier molecular flexibility index (Phi) is 6.56. The number of nitrogens with one attached hydrogen (secondary N) is 2. The van der Waals surface area contributed by atoms with Crippen molar-refractivity contribution in [3.05, 3.63) is 0 Å². The second-order valence-corrected chi connectivity index (χ2v) is 5.05. The second-order valence-electron chi connectivity index (χ2n) is 5.05. The third-order valence-electron chi connectivity index (χ3n) is 3.49. The highest BCUT2D eigenvalue weighted by Gasteiger charge is 2.29. The molecule has 1 aliphatic rings. The van der Waals surface area contributed by atoms with E-state index < -0.39 is 25.4 Å². The molecule has 0 saturated carbocycles. The first-order valence-electron chi connectivity index (χ1n) is 6.50. The number of rotatable bonds is 7. The average Bonchev–Trinajstić information content (AvgIpc) is 2.44. The standard InChI is InChI=1S/C12H24N2O4/c15-7-12(8-16,9-17)14-11(18)4-3-10-2-1-5-13-6-10/h10,13,15-17H,1-9H2,(H,14,18). The summed E-state index contributed by atoms with van der Waals surface area (Å²) in [6.07, 6.45) is 3.41. The minimum absolute atomic E-state index is 0.238. The maximum atomic E-state index is 11.7. The summed E-state index contributed by atoms with van der Waals surface area (Å²) in [6, 6.07) is 0. The van der Waals surface area contributed by atoms with E-state index in [2.05, 4.69) is 10.6 Å². The van der Waals surface area contributed by atoms with Crippen LogP contribution in [0.15, 0.2) is 0 Å². The first kappa shape index (κ1) is 15.4. The fourth-order valence-corrected chi connectivity index (χ4v) is 2.13. The number of hydrogen-bond donors (Lipinski definition) is 5. The first-order chi connectivity index (χ1) is 8.65. The zero-order chi connectivity index (χ0) is 13.4. The molecular weight excluding hydrogens is 236 g/mol. The Morgan fingerprint density at radius 3 is 2.44 bits per heavy atom. The van der Waals surface area contributed by atoms with E-state index in [-0.39, 0.29) is 5.91 Å². The van der Waals surface area contributed by atoms with Crippen LogP contribution in [-0.4, -0.2) is 59.7 Å². The number of carbonyl (C=O) groups is 1. The van der Waals surface area contributed by atoms with Gasteiger partial charge in [-0.1, -0.05) is 0 Å². The molecule has 1 aliphatic heterocycles. The predicted octanol–water partition coefficient (Wildman–Crippen LogP) is -1.40. The Morgan fingerprint density at radius 2 is 1.94 bits per heavy atom. The fourth-order valence-electron chi connectivity index (χ4n) is 2.13. The minimum atomic E-state index is -1.30. The summed E-state index contributed by atoms with van der Waals surface area (Å²) in [5.74, 6) is 0.272. The van der Waals surface area contributed by atoms with Crippen LogP contribution in [0, 0.1) is 5.92 Å². The third-order valence-corrected chi connectivity index (χ3v) is 3.49. The van der Waals surface area contributed by atoms with Crippen LogP contribution in [-0.2, 0) is 4.79 Å². The fraction of sp³-hybridized carbons (Fsp3) is 0.917. The number of piperidine rings is 1. The van der Waals surface area contributed by atoms with Crippen molar-refractivity contribution in [1.29, 1.82) is 0 Å². The van der Waals surface area contributed by atoms with E-state index in [1.54, 1.807) is 0 Å². The molecule has 1 amide bonds. The van der Waals surface area contributed by atoms with E-state index in [9.17, 15) is 4.79 Å². The Labute approximate surface area is 107 Å². The molecule has 0 aromatic carbocycles. The molecule has 1 atom stereocenters. The molecule has 6 heteroatoms. The van der Waals surface area contributed by atoms with Crippen LogP contribution in [0.2, 0.25) is 0 Å². The van der Waals surface area contributed by atoms with Crippen LogP contribution in [0.4, 0.5) is 0 Å². The minimum Gasteiger partial charge on any atom is -0.394 e. The van der Waals surface area contributed by atoms with Gasteiger partial charge in [0.2, 0.25) is 5.91 Å². The molecular formula is C12H24N2O4. The number of aliphatic hydroxyl groups excluding tert-OH is 3. The molecule has 18 heavy (non-hydrogen) atoms. The van der Waals surface area contributed by atoms with Crippen LogP contribution in [0.25, 0.3) is 0 Å². The number of hydrogen-bond acceptors (Lipinski definition) is 5. The van der Waals surface area contributed by atoms with E-state index in [1.165, 1.54) is 0 Å². The highest BCUT2D eigenvalue weighted by molar-refractivity contribution is 5.76. The van der Waals surface area contributed by atoms with Crippen LogP contribution in [0.3, 0.4) is 0 Å². The Balaban J connectivity index is 2.31. The molecule has 1 saturated heterocycles. The molecule has 0 spiro atoms. The Morgan fingerprint density at radius 1 is 1.28 bits per heavy atom. The molecule has 106 valence electrons. The molecule has 0 aromatic heterocycles. The van der Waals surface area contributed by atoms with Crippen molar-refractivity contribution in [3.63, 3.8) is 0 Å². The van der Waals surface area contributed by atoms with Crippen LogP contribution in [0.5, 0.6) is 0 Å². The summed E-state index contributed by atoms with van der Waals surface area (Å²) in [5.41, 5.74) is -1.30. The van der Waals surface area contributed by atoms with Gasteiger partial charge in [0, 0.05) is 6.42 Å². The van der Waals surface area contributed by atoms with Crippen molar-refractivity contribution in [2.24, 2.45) is 5.92 Å². The van der Waals surface area contributed by atoms with Crippen LogP contribution in [0.1, 0.15) is 25.7 Å². The maximum absolute atomic E-state index is 11.7. The Bertz CT molecular complexity index is 242. The molecule has 0 aromatic rings. The van der Waals surface area contributed by atoms with E-state index >= 15 is 0 Å². The first-order valence-corrected chi connectivity index (χ1v) is 6.50. The maximum Gasteiger partial charge on any atom is 0.220 e. The van der Waals surface area contributed by atoms with E-state index in [1.807, 2.05) is 0 Å². The van der Waals surface area contributed by atoms with E-state index in [0.29, 0.717) is 12.3 Å². The molecule has 1 fully saturated rings. The number of carbonyl (C=O) groups excluding carboxylic acids is 1. The van der Waals surface area contributed by atoms with Gasteiger partial charge >= 0.3 is 0 Å². The summed E-state index contributed by atoms with van der Waals surface area (Å²) >= 11 is 0. The molecule has 0 radical (unpaired) electrons. The summed E-state index contributed by atoms with van der Waals surface area (Å²) in [6.45, 7) is 0.563. The predicted molar refractivity (Wildman–Crippen MR) is 67.0 cm³/mol. The summed E-state index contributed by atoms with van der Waals surface area (Å²) in [7, 11) is 0. The lowest BCUT2D eigenvalue weighted by Crippen LogP contribution is -2.57. The number of amides is 1. The molecule has 5 N–H and O–H groups in total. The second kappa shape index (κ2) is 7.68. The van der Waals surface area contributed by atoms with E-state index in [4.69, 9.17) is 15.3 Å².